The Morgan fingerprint density at radius 1 is 1.38 bits per heavy atom. The molecule has 0 rings (SSSR count). The predicted octanol–water partition coefficient (Wildman–Crippen LogP) is 1.19. The Balaban J connectivity index is 4.84. The Labute approximate surface area is 90.6 Å². The number of carbonyl (C=O) groups is 1. The summed E-state index contributed by atoms with van der Waals surface area (Å²) in [6.45, 7) is 1.56. The molecule has 9 heteroatoms. The number of hydrogen-bond acceptors (Lipinski definition) is 5. The van der Waals surface area contributed by atoms with Crippen molar-refractivity contribution >= 4 is 16.1 Å². The van der Waals surface area contributed by atoms with E-state index in [1.807, 2.05) is 0 Å². The van der Waals surface area contributed by atoms with Crippen molar-refractivity contribution in [3.63, 3.8) is 0 Å². The Hall–Kier alpha value is -0.830. The van der Waals surface area contributed by atoms with Gasteiger partial charge in [-0.15, -0.1) is 0 Å². The molecule has 0 saturated carbocycles. The number of ether oxygens (including phenoxy) is 1. The topological polar surface area (TPSA) is 69.7 Å². The van der Waals surface area contributed by atoms with E-state index in [2.05, 4.69) is 8.92 Å². The van der Waals surface area contributed by atoms with Crippen molar-refractivity contribution in [3.8, 4) is 0 Å². The molecule has 0 aliphatic rings. The van der Waals surface area contributed by atoms with E-state index in [1.165, 1.54) is 0 Å². The largest absolute Gasteiger partial charge is 0.523 e. The van der Waals surface area contributed by atoms with Crippen LogP contribution < -0.4 is 0 Å². The Bertz CT molecular complexity index is 334. The molecule has 0 aromatic rings. The molecule has 0 amide bonds. The van der Waals surface area contributed by atoms with Crippen LogP contribution in [0.3, 0.4) is 0 Å². The lowest BCUT2D eigenvalue weighted by molar-refractivity contribution is -0.149. The van der Waals surface area contributed by atoms with E-state index >= 15 is 0 Å². The third kappa shape index (κ3) is 3.97. The van der Waals surface area contributed by atoms with Gasteiger partial charge in [0.25, 0.3) is 0 Å². The van der Waals surface area contributed by atoms with Crippen LogP contribution in [0.15, 0.2) is 0 Å². The van der Waals surface area contributed by atoms with Gasteiger partial charge in [-0.25, -0.2) is 8.98 Å². The fraction of sp³-hybridized carbons (Fsp3) is 0.857. The van der Waals surface area contributed by atoms with Crippen molar-refractivity contribution in [1.82, 2.24) is 0 Å². The number of halogens is 3. The number of methoxy groups -OCH3 is 1. The van der Waals surface area contributed by atoms with Crippen LogP contribution in [-0.4, -0.2) is 33.1 Å². The Morgan fingerprint density at radius 2 is 1.88 bits per heavy atom. The number of esters is 1. The van der Waals surface area contributed by atoms with Crippen LogP contribution in [0.2, 0.25) is 0 Å². The molecule has 0 heterocycles. The highest BCUT2D eigenvalue weighted by Gasteiger charge is 2.49. The summed E-state index contributed by atoms with van der Waals surface area (Å²) in [6, 6.07) is 0. The summed E-state index contributed by atoms with van der Waals surface area (Å²) in [5.41, 5.74) is -5.55. The molecule has 0 fully saturated rings. The molecule has 0 aromatic carbocycles. The summed E-state index contributed by atoms with van der Waals surface area (Å²) < 4.78 is 64.9. The second-order valence-electron chi connectivity index (χ2n) is 2.80. The maximum Gasteiger partial charge on any atom is 0.523 e. The van der Waals surface area contributed by atoms with Crippen molar-refractivity contribution in [2.45, 2.75) is 31.4 Å². The standard InChI is InChI=1S/C7H11F3O5S/c1-3-4-5(6(11)14-2)15-16(12,13)7(8,9)10/h5H,3-4H2,1-2H3/t5-/m1/s1. The van der Waals surface area contributed by atoms with E-state index < -0.39 is 27.7 Å². The van der Waals surface area contributed by atoms with E-state index in [9.17, 15) is 26.4 Å². The van der Waals surface area contributed by atoms with Gasteiger partial charge in [0, 0.05) is 0 Å². The highest BCUT2D eigenvalue weighted by molar-refractivity contribution is 7.87. The molecule has 5 nitrogen and oxygen atoms in total. The van der Waals surface area contributed by atoms with Crippen LogP contribution in [0.1, 0.15) is 19.8 Å². The van der Waals surface area contributed by atoms with Crippen molar-refractivity contribution in [2.24, 2.45) is 0 Å². The van der Waals surface area contributed by atoms with Gasteiger partial charge in [-0.2, -0.15) is 21.6 Å². The fourth-order valence-electron chi connectivity index (χ4n) is 0.806. The van der Waals surface area contributed by atoms with Gasteiger partial charge in [0.2, 0.25) is 0 Å². The second-order valence-corrected chi connectivity index (χ2v) is 4.36. The van der Waals surface area contributed by atoms with Gasteiger partial charge in [-0.3, -0.25) is 0 Å². The summed E-state index contributed by atoms with van der Waals surface area (Å²) in [5.74, 6) is -1.16. The first-order chi connectivity index (χ1) is 7.15. The summed E-state index contributed by atoms with van der Waals surface area (Å²) in [4.78, 5) is 10.9. The zero-order valence-electron chi connectivity index (χ0n) is 8.57. The molecule has 0 saturated heterocycles. The molecule has 16 heavy (non-hydrogen) atoms. The summed E-state index contributed by atoms with van der Waals surface area (Å²) in [5, 5.41) is 0. The lowest BCUT2D eigenvalue weighted by atomic mass is 10.2. The minimum Gasteiger partial charge on any atom is -0.467 e. The highest BCUT2D eigenvalue weighted by Crippen LogP contribution is 2.26. The average Bonchev–Trinajstić information content (AvgIpc) is 2.14. The predicted molar refractivity (Wildman–Crippen MR) is 46.8 cm³/mol. The van der Waals surface area contributed by atoms with Gasteiger partial charge in [0.15, 0.2) is 6.10 Å². The molecule has 0 N–H and O–H groups in total. The number of hydrogen-bond donors (Lipinski definition) is 0. The van der Waals surface area contributed by atoms with Crippen molar-refractivity contribution in [2.75, 3.05) is 7.11 Å². The van der Waals surface area contributed by atoms with E-state index in [0.29, 0.717) is 0 Å². The van der Waals surface area contributed by atoms with Crippen molar-refractivity contribution in [1.29, 1.82) is 0 Å². The monoisotopic (exact) mass is 264 g/mol. The van der Waals surface area contributed by atoms with E-state index in [1.54, 1.807) is 6.92 Å². The molecule has 0 bridgehead atoms. The van der Waals surface area contributed by atoms with Gasteiger partial charge in [-0.1, -0.05) is 13.3 Å². The summed E-state index contributed by atoms with van der Waals surface area (Å²) >= 11 is 0. The molecular formula is C7H11F3O5S. The Morgan fingerprint density at radius 3 is 2.19 bits per heavy atom. The fourth-order valence-corrected chi connectivity index (χ4v) is 1.40. The molecule has 0 aliphatic heterocycles. The van der Waals surface area contributed by atoms with Crippen molar-refractivity contribution < 1.29 is 35.3 Å². The third-order valence-electron chi connectivity index (χ3n) is 1.54. The lowest BCUT2D eigenvalue weighted by Crippen LogP contribution is -2.34. The number of carbonyl (C=O) groups excluding carboxylic acids is 1. The minimum atomic E-state index is -5.78. The first-order valence-corrected chi connectivity index (χ1v) is 5.64. The molecule has 0 aliphatic carbocycles. The zero-order chi connectivity index (χ0) is 13.0. The molecule has 0 aromatic heterocycles. The molecule has 96 valence electrons. The van der Waals surface area contributed by atoms with E-state index in [-0.39, 0.29) is 12.8 Å². The average molecular weight is 264 g/mol. The normalized spacial score (nSPS) is 14.6. The summed E-state index contributed by atoms with van der Waals surface area (Å²) in [7, 11) is -4.85. The SMILES string of the molecule is CCC[C@@H](OS(=O)(=O)C(F)(F)F)C(=O)OC. The first-order valence-electron chi connectivity index (χ1n) is 4.23. The van der Waals surface area contributed by atoms with Crippen LogP contribution in [0, 0.1) is 0 Å². The van der Waals surface area contributed by atoms with Gasteiger partial charge < -0.3 is 4.74 Å². The first kappa shape index (κ1) is 15.2. The van der Waals surface area contributed by atoms with Crippen LogP contribution >= 0.6 is 0 Å². The summed E-state index contributed by atoms with van der Waals surface area (Å²) in [6.07, 6.45) is -1.67. The van der Waals surface area contributed by atoms with Crippen LogP contribution in [0.5, 0.6) is 0 Å². The molecule has 0 radical (unpaired) electrons. The van der Waals surface area contributed by atoms with Crippen LogP contribution in [0.4, 0.5) is 13.2 Å². The molecule has 1 atom stereocenters. The molecular weight excluding hydrogens is 253 g/mol. The lowest BCUT2D eigenvalue weighted by Gasteiger charge is -2.15. The quantitative estimate of drug-likeness (QED) is 0.424. The highest BCUT2D eigenvalue weighted by atomic mass is 32.2. The smallest absolute Gasteiger partial charge is 0.467 e. The minimum absolute atomic E-state index is 0.179. The van der Waals surface area contributed by atoms with Gasteiger partial charge >= 0.3 is 21.6 Å². The van der Waals surface area contributed by atoms with Gasteiger partial charge in [0.1, 0.15) is 0 Å². The van der Waals surface area contributed by atoms with Crippen molar-refractivity contribution in [3.05, 3.63) is 0 Å². The maximum atomic E-state index is 11.9. The van der Waals surface area contributed by atoms with Gasteiger partial charge in [-0.05, 0) is 6.42 Å². The maximum absolute atomic E-state index is 11.9. The zero-order valence-corrected chi connectivity index (χ0v) is 9.39. The Kier molecular flexibility index (Phi) is 5.20. The molecule has 0 unspecified atom stereocenters. The van der Waals surface area contributed by atoms with E-state index in [0.717, 1.165) is 7.11 Å². The second kappa shape index (κ2) is 5.48. The third-order valence-corrected chi connectivity index (χ3v) is 2.59. The van der Waals surface area contributed by atoms with E-state index in [4.69, 9.17) is 0 Å². The van der Waals surface area contributed by atoms with Gasteiger partial charge in [0.05, 0.1) is 7.11 Å². The van der Waals surface area contributed by atoms with Crippen LogP contribution in [-0.2, 0) is 23.8 Å². The number of rotatable bonds is 5. The number of alkyl halides is 3. The van der Waals surface area contributed by atoms with Crippen LogP contribution in [0.25, 0.3) is 0 Å². The molecule has 0 spiro atoms.